The molecule has 0 aliphatic heterocycles. The van der Waals surface area contributed by atoms with Crippen molar-refractivity contribution in [2.75, 3.05) is 5.32 Å². The van der Waals surface area contributed by atoms with Crippen molar-refractivity contribution < 1.29 is 8.42 Å². The molecule has 3 N–H and O–H groups in total. The monoisotopic (exact) mass is 330 g/mol. The van der Waals surface area contributed by atoms with Gasteiger partial charge in [-0.1, -0.05) is 32.4 Å². The average molecular weight is 331 g/mol. The highest BCUT2D eigenvalue weighted by Crippen LogP contribution is 2.40. The van der Waals surface area contributed by atoms with Crippen LogP contribution < -0.4 is 10.5 Å². The van der Waals surface area contributed by atoms with Crippen LogP contribution in [-0.4, -0.2) is 14.5 Å². The van der Waals surface area contributed by atoms with Gasteiger partial charge in [0.2, 0.25) is 10.0 Å². The Kier molecular flexibility index (Phi) is 4.57. The van der Waals surface area contributed by atoms with Gasteiger partial charge in [-0.3, -0.25) is 0 Å². The summed E-state index contributed by atoms with van der Waals surface area (Å²) in [5.74, 6) is 0.503. The summed E-state index contributed by atoms with van der Waals surface area (Å²) < 4.78 is 22.9. The predicted molar refractivity (Wildman–Crippen MR) is 87.0 cm³/mol. The second-order valence-corrected chi connectivity index (χ2v) is 8.79. The first kappa shape index (κ1) is 16.6. The van der Waals surface area contributed by atoms with Crippen molar-refractivity contribution in [1.82, 2.24) is 0 Å². The molecule has 0 radical (unpaired) electrons. The van der Waals surface area contributed by atoms with Crippen LogP contribution in [-0.2, 0) is 10.0 Å². The number of nitrogens with one attached hydrogen (secondary N) is 1. The molecule has 1 aromatic rings. The number of nitrogens with two attached hydrogens (primary N) is 1. The smallest absolute Gasteiger partial charge is 0.238 e. The van der Waals surface area contributed by atoms with Crippen molar-refractivity contribution in [1.29, 1.82) is 0 Å². The van der Waals surface area contributed by atoms with Crippen LogP contribution in [0.2, 0.25) is 5.02 Å². The zero-order chi connectivity index (χ0) is 15.8. The molecule has 6 heteroatoms. The fourth-order valence-corrected chi connectivity index (χ4v) is 3.86. The van der Waals surface area contributed by atoms with E-state index in [1.165, 1.54) is 12.1 Å². The van der Waals surface area contributed by atoms with Crippen molar-refractivity contribution in [3.63, 3.8) is 0 Å². The van der Waals surface area contributed by atoms with Gasteiger partial charge in [-0.15, -0.1) is 0 Å². The zero-order valence-corrected chi connectivity index (χ0v) is 14.3. The van der Waals surface area contributed by atoms with Crippen LogP contribution in [0.25, 0.3) is 0 Å². The highest BCUT2D eigenvalue weighted by molar-refractivity contribution is 7.89. The molecule has 4 nitrogen and oxygen atoms in total. The molecule has 118 valence electrons. The average Bonchev–Trinajstić information content (AvgIpc) is 2.33. The van der Waals surface area contributed by atoms with Gasteiger partial charge >= 0.3 is 0 Å². The van der Waals surface area contributed by atoms with Gasteiger partial charge in [-0.05, 0) is 48.8 Å². The third-order valence-electron chi connectivity index (χ3n) is 4.30. The van der Waals surface area contributed by atoms with Gasteiger partial charge in [0.1, 0.15) is 0 Å². The maximum absolute atomic E-state index is 11.4. The summed E-state index contributed by atoms with van der Waals surface area (Å²) in [6.07, 6.45) is 3.32. The molecule has 1 aliphatic rings. The molecule has 2 rings (SSSR count). The van der Waals surface area contributed by atoms with E-state index in [-0.39, 0.29) is 4.90 Å². The molecule has 21 heavy (non-hydrogen) atoms. The lowest BCUT2D eigenvalue weighted by Crippen LogP contribution is -2.37. The third-order valence-corrected chi connectivity index (χ3v) is 5.54. The molecule has 1 saturated carbocycles. The number of rotatable bonds is 3. The maximum atomic E-state index is 11.4. The van der Waals surface area contributed by atoms with Gasteiger partial charge in [0.15, 0.2) is 0 Å². The van der Waals surface area contributed by atoms with Gasteiger partial charge in [0.25, 0.3) is 0 Å². The van der Waals surface area contributed by atoms with Crippen LogP contribution in [0.15, 0.2) is 23.1 Å². The number of hydrogen-bond acceptors (Lipinski definition) is 3. The van der Waals surface area contributed by atoms with Gasteiger partial charge in [0, 0.05) is 6.04 Å². The highest BCUT2D eigenvalue weighted by atomic mass is 35.5. The maximum Gasteiger partial charge on any atom is 0.238 e. The second kappa shape index (κ2) is 5.78. The fourth-order valence-electron chi connectivity index (χ4n) is 3.15. The Bertz CT molecular complexity index is 629. The molecule has 1 fully saturated rings. The van der Waals surface area contributed by atoms with Crippen molar-refractivity contribution in [2.24, 2.45) is 16.5 Å². The molecule has 1 aromatic carbocycles. The van der Waals surface area contributed by atoms with E-state index in [1.54, 1.807) is 6.07 Å². The summed E-state index contributed by atoms with van der Waals surface area (Å²) in [5.41, 5.74) is 1.00. The lowest BCUT2D eigenvalue weighted by molar-refractivity contribution is 0.177. The molecule has 2 atom stereocenters. The normalized spacial score (nSPS) is 25.6. The lowest BCUT2D eigenvalue weighted by Gasteiger charge is -2.40. The minimum absolute atomic E-state index is 0.0817. The van der Waals surface area contributed by atoms with E-state index in [1.807, 2.05) is 0 Å². The number of hydrogen-bond donors (Lipinski definition) is 2. The summed E-state index contributed by atoms with van der Waals surface area (Å²) in [5, 5.41) is 9.08. The molecule has 0 aromatic heterocycles. The molecule has 1 aliphatic carbocycles. The summed E-state index contributed by atoms with van der Waals surface area (Å²) in [6, 6.07) is 4.81. The largest absolute Gasteiger partial charge is 0.381 e. The van der Waals surface area contributed by atoms with Crippen LogP contribution in [0.4, 0.5) is 5.69 Å². The van der Waals surface area contributed by atoms with E-state index in [2.05, 4.69) is 26.1 Å². The van der Waals surface area contributed by atoms with Crippen molar-refractivity contribution >= 4 is 27.3 Å². The van der Waals surface area contributed by atoms with Gasteiger partial charge in [-0.25, -0.2) is 13.6 Å². The fraction of sp³-hybridized carbons (Fsp3) is 0.600. The van der Waals surface area contributed by atoms with E-state index in [9.17, 15) is 8.42 Å². The first-order valence-electron chi connectivity index (χ1n) is 7.17. The van der Waals surface area contributed by atoms with Crippen molar-refractivity contribution in [2.45, 2.75) is 51.0 Å². The van der Waals surface area contributed by atoms with E-state index in [0.29, 0.717) is 28.1 Å². The number of sulfonamides is 1. The Morgan fingerprint density at radius 1 is 1.38 bits per heavy atom. The van der Waals surface area contributed by atoms with Crippen molar-refractivity contribution in [3.05, 3.63) is 23.2 Å². The molecule has 0 bridgehead atoms. The summed E-state index contributed by atoms with van der Waals surface area (Å²) >= 11 is 6.17. The Morgan fingerprint density at radius 3 is 2.62 bits per heavy atom. The van der Waals surface area contributed by atoms with Crippen LogP contribution in [0, 0.1) is 11.3 Å². The molecule has 0 spiro atoms. The van der Waals surface area contributed by atoms with Crippen LogP contribution >= 0.6 is 11.6 Å². The minimum Gasteiger partial charge on any atom is -0.381 e. The second-order valence-electron chi connectivity index (χ2n) is 6.82. The van der Waals surface area contributed by atoms with Crippen molar-refractivity contribution in [3.8, 4) is 0 Å². The standard InChI is InChI=1S/C15H23ClN2O2S/c1-10-9-15(2,3)7-6-13(10)18-14-8-11(21(17,19)20)4-5-12(14)16/h4-5,8,10,13,18H,6-7,9H2,1-3H3,(H2,17,19,20). The zero-order valence-electron chi connectivity index (χ0n) is 12.7. The first-order valence-corrected chi connectivity index (χ1v) is 9.10. The summed E-state index contributed by atoms with van der Waals surface area (Å²) in [7, 11) is -3.71. The number of primary sulfonamides is 1. The van der Waals surface area contributed by atoms with E-state index in [4.69, 9.17) is 16.7 Å². The molecular formula is C15H23ClN2O2S. The predicted octanol–water partition coefficient (Wildman–Crippen LogP) is 3.61. The van der Waals surface area contributed by atoms with E-state index >= 15 is 0 Å². The summed E-state index contributed by atoms with van der Waals surface area (Å²) in [6.45, 7) is 6.79. The molecular weight excluding hydrogens is 308 g/mol. The van der Waals surface area contributed by atoms with Crippen LogP contribution in [0.1, 0.15) is 40.0 Å². The third kappa shape index (κ3) is 4.11. The SMILES string of the molecule is CC1CC(C)(C)CCC1Nc1cc(S(N)(=O)=O)ccc1Cl. The van der Waals surface area contributed by atoms with Gasteiger partial charge in [0.05, 0.1) is 15.6 Å². The Balaban J connectivity index is 2.20. The first-order chi connectivity index (χ1) is 9.58. The Hall–Kier alpha value is -0.780. The molecule has 2 unspecified atom stereocenters. The summed E-state index contributed by atoms with van der Waals surface area (Å²) in [4.78, 5) is 0.0817. The van der Waals surface area contributed by atoms with Gasteiger partial charge < -0.3 is 5.32 Å². The van der Waals surface area contributed by atoms with E-state index < -0.39 is 10.0 Å². The minimum atomic E-state index is -3.71. The van der Waals surface area contributed by atoms with Crippen LogP contribution in [0.3, 0.4) is 0 Å². The van der Waals surface area contributed by atoms with Crippen LogP contribution in [0.5, 0.6) is 0 Å². The number of halogens is 1. The lowest BCUT2D eigenvalue weighted by atomic mass is 9.70. The highest BCUT2D eigenvalue weighted by Gasteiger charge is 2.32. The van der Waals surface area contributed by atoms with Gasteiger partial charge in [-0.2, -0.15) is 0 Å². The Labute approximate surface area is 132 Å². The Morgan fingerprint density at radius 2 is 2.05 bits per heavy atom. The quantitative estimate of drug-likeness (QED) is 0.889. The number of anilines is 1. The number of benzene rings is 1. The topological polar surface area (TPSA) is 72.2 Å². The molecule has 0 amide bonds. The van der Waals surface area contributed by atoms with E-state index in [0.717, 1.165) is 19.3 Å². The molecule has 0 heterocycles. The molecule has 0 saturated heterocycles.